The minimum atomic E-state index is 0.701. The molecule has 0 amide bonds. The maximum atomic E-state index is 3.71. The molecule has 0 spiro atoms. The van der Waals surface area contributed by atoms with Crippen LogP contribution in [0.4, 0.5) is 0 Å². The molecule has 2 atom stereocenters. The van der Waals surface area contributed by atoms with Crippen LogP contribution in [0, 0.1) is 5.92 Å². The zero-order valence-corrected chi connectivity index (χ0v) is 12.9. The van der Waals surface area contributed by atoms with Gasteiger partial charge in [-0.25, -0.2) is 0 Å². The average Bonchev–Trinajstić information content (AvgIpc) is 2.50. The third-order valence-electron chi connectivity index (χ3n) is 3.45. The van der Waals surface area contributed by atoms with E-state index in [4.69, 9.17) is 0 Å². The summed E-state index contributed by atoms with van der Waals surface area (Å²) in [5, 5.41) is 3.71. The van der Waals surface area contributed by atoms with Crippen LogP contribution in [0.15, 0.2) is 0 Å². The van der Waals surface area contributed by atoms with Crippen LogP contribution < -0.4 is 5.32 Å². The van der Waals surface area contributed by atoms with Crippen LogP contribution in [-0.4, -0.2) is 48.1 Å². The van der Waals surface area contributed by atoms with Crippen molar-refractivity contribution in [3.63, 3.8) is 0 Å². The van der Waals surface area contributed by atoms with Crippen molar-refractivity contribution in [3.8, 4) is 0 Å². The molecule has 0 radical (unpaired) electrons. The quantitative estimate of drug-likeness (QED) is 0.789. The molecule has 1 heterocycles. The van der Waals surface area contributed by atoms with Gasteiger partial charge in [0.25, 0.3) is 0 Å². The Balaban J connectivity index is 2.41. The summed E-state index contributed by atoms with van der Waals surface area (Å²) in [4.78, 5) is 2.69. The van der Waals surface area contributed by atoms with Crippen molar-refractivity contribution in [1.29, 1.82) is 0 Å². The predicted octanol–water partition coefficient (Wildman–Crippen LogP) is 2.84. The van der Waals surface area contributed by atoms with Gasteiger partial charge in [-0.15, -0.1) is 0 Å². The Bertz CT molecular complexity index is 197. The topological polar surface area (TPSA) is 15.3 Å². The Morgan fingerprint density at radius 1 is 1.35 bits per heavy atom. The molecular weight excluding hydrogens is 228 g/mol. The van der Waals surface area contributed by atoms with Crippen molar-refractivity contribution in [1.82, 2.24) is 10.2 Å². The van der Waals surface area contributed by atoms with E-state index >= 15 is 0 Å². The maximum absolute atomic E-state index is 3.71. The van der Waals surface area contributed by atoms with Gasteiger partial charge in [0.05, 0.1) is 0 Å². The minimum Gasteiger partial charge on any atom is -0.313 e. The lowest BCUT2D eigenvalue weighted by molar-refractivity contribution is 0.212. The second-order valence-corrected chi connectivity index (χ2v) is 6.96. The minimum absolute atomic E-state index is 0.701. The van der Waals surface area contributed by atoms with Crippen LogP contribution >= 0.6 is 11.8 Å². The average molecular weight is 258 g/mol. The summed E-state index contributed by atoms with van der Waals surface area (Å²) in [5.41, 5.74) is 0. The van der Waals surface area contributed by atoms with E-state index in [9.17, 15) is 0 Å². The highest BCUT2D eigenvalue weighted by atomic mass is 32.2. The maximum Gasteiger partial charge on any atom is 0.0197 e. The first-order valence-corrected chi connectivity index (χ1v) is 8.34. The van der Waals surface area contributed by atoms with Crippen LogP contribution in [0.25, 0.3) is 0 Å². The first kappa shape index (κ1) is 15.3. The van der Waals surface area contributed by atoms with E-state index < -0.39 is 0 Å². The van der Waals surface area contributed by atoms with E-state index in [1.165, 1.54) is 44.0 Å². The molecule has 0 aromatic rings. The summed E-state index contributed by atoms with van der Waals surface area (Å²) < 4.78 is 0. The fourth-order valence-electron chi connectivity index (χ4n) is 2.55. The zero-order chi connectivity index (χ0) is 12.7. The molecule has 2 unspecified atom stereocenters. The summed E-state index contributed by atoms with van der Waals surface area (Å²) in [6.45, 7) is 13.0. The molecule has 2 nitrogen and oxygen atoms in total. The van der Waals surface area contributed by atoms with E-state index in [1.807, 2.05) is 0 Å². The van der Waals surface area contributed by atoms with Gasteiger partial charge in [-0.1, -0.05) is 20.8 Å². The Labute approximate surface area is 112 Å². The lowest BCUT2D eigenvalue weighted by Gasteiger charge is -2.30. The first-order chi connectivity index (χ1) is 8.13. The van der Waals surface area contributed by atoms with Crippen molar-refractivity contribution < 1.29 is 0 Å². The van der Waals surface area contributed by atoms with Crippen molar-refractivity contribution >= 4 is 11.8 Å². The van der Waals surface area contributed by atoms with Gasteiger partial charge in [-0.05, 0) is 44.5 Å². The second-order valence-electron chi connectivity index (χ2n) is 5.64. The molecule has 17 heavy (non-hydrogen) atoms. The van der Waals surface area contributed by atoms with Crippen molar-refractivity contribution in [3.05, 3.63) is 0 Å². The highest BCUT2D eigenvalue weighted by molar-refractivity contribution is 7.99. The molecular formula is C14H30N2S. The van der Waals surface area contributed by atoms with Crippen LogP contribution in [0.1, 0.15) is 40.5 Å². The third kappa shape index (κ3) is 6.12. The Kier molecular flexibility index (Phi) is 7.56. The van der Waals surface area contributed by atoms with Gasteiger partial charge in [-0.3, -0.25) is 4.90 Å². The molecule has 1 aliphatic heterocycles. The number of hydrogen-bond donors (Lipinski definition) is 1. The largest absolute Gasteiger partial charge is 0.313 e. The third-order valence-corrected chi connectivity index (χ3v) is 4.58. The standard InChI is InChI=1S/C14H30N2S/c1-5-17-11-13(4)16-8-6-7-15-14(10-16)9-12(2)3/h12-15H,5-11H2,1-4H3. The Morgan fingerprint density at radius 2 is 2.12 bits per heavy atom. The van der Waals surface area contributed by atoms with Gasteiger partial charge in [0, 0.05) is 24.4 Å². The Morgan fingerprint density at radius 3 is 2.76 bits per heavy atom. The van der Waals surface area contributed by atoms with Crippen LogP contribution in [0.5, 0.6) is 0 Å². The molecule has 0 aromatic carbocycles. The first-order valence-electron chi connectivity index (χ1n) is 7.18. The summed E-state index contributed by atoms with van der Waals surface area (Å²) in [7, 11) is 0. The van der Waals surface area contributed by atoms with Crippen LogP contribution in [0.2, 0.25) is 0 Å². The van der Waals surface area contributed by atoms with Gasteiger partial charge >= 0.3 is 0 Å². The SMILES string of the molecule is CCSCC(C)N1CCCNC(CC(C)C)C1. The molecule has 102 valence electrons. The van der Waals surface area contributed by atoms with Gasteiger partial charge in [0.2, 0.25) is 0 Å². The lowest BCUT2D eigenvalue weighted by Crippen LogP contribution is -2.43. The second kappa shape index (κ2) is 8.39. The van der Waals surface area contributed by atoms with E-state index in [-0.39, 0.29) is 0 Å². The number of rotatable bonds is 6. The molecule has 1 rings (SSSR count). The number of nitrogens with zero attached hydrogens (tertiary/aromatic N) is 1. The molecule has 0 aliphatic carbocycles. The summed E-state index contributed by atoms with van der Waals surface area (Å²) >= 11 is 2.07. The summed E-state index contributed by atoms with van der Waals surface area (Å²) in [5.74, 6) is 3.32. The van der Waals surface area contributed by atoms with Gasteiger partial charge in [-0.2, -0.15) is 11.8 Å². The highest BCUT2D eigenvalue weighted by Gasteiger charge is 2.21. The molecule has 3 heteroatoms. The molecule has 1 aliphatic rings. The Hall–Kier alpha value is 0.270. The monoisotopic (exact) mass is 258 g/mol. The lowest BCUT2D eigenvalue weighted by atomic mass is 10.0. The van der Waals surface area contributed by atoms with Gasteiger partial charge in [0.1, 0.15) is 0 Å². The van der Waals surface area contributed by atoms with Gasteiger partial charge < -0.3 is 5.32 Å². The normalized spacial score (nSPS) is 24.9. The van der Waals surface area contributed by atoms with Gasteiger partial charge in [0.15, 0.2) is 0 Å². The molecule has 0 saturated carbocycles. The zero-order valence-electron chi connectivity index (χ0n) is 12.0. The van der Waals surface area contributed by atoms with Crippen molar-refractivity contribution in [2.45, 2.75) is 52.6 Å². The van der Waals surface area contributed by atoms with Crippen LogP contribution in [0.3, 0.4) is 0 Å². The fourth-order valence-corrected chi connectivity index (χ4v) is 3.34. The number of thioether (sulfide) groups is 1. The van der Waals surface area contributed by atoms with Crippen LogP contribution in [-0.2, 0) is 0 Å². The number of nitrogens with one attached hydrogen (secondary N) is 1. The van der Waals surface area contributed by atoms with E-state index in [0.29, 0.717) is 6.04 Å². The molecule has 1 fully saturated rings. The molecule has 1 saturated heterocycles. The van der Waals surface area contributed by atoms with E-state index in [0.717, 1.165) is 12.0 Å². The molecule has 1 N–H and O–H groups in total. The smallest absolute Gasteiger partial charge is 0.0197 e. The summed E-state index contributed by atoms with van der Waals surface area (Å²) in [6.07, 6.45) is 2.61. The predicted molar refractivity (Wildman–Crippen MR) is 79.9 cm³/mol. The number of hydrogen-bond acceptors (Lipinski definition) is 3. The summed E-state index contributed by atoms with van der Waals surface area (Å²) in [6, 6.07) is 1.43. The fraction of sp³-hybridized carbons (Fsp3) is 1.00. The highest BCUT2D eigenvalue weighted by Crippen LogP contribution is 2.14. The van der Waals surface area contributed by atoms with Crippen molar-refractivity contribution in [2.24, 2.45) is 5.92 Å². The van der Waals surface area contributed by atoms with Crippen molar-refractivity contribution in [2.75, 3.05) is 31.1 Å². The van der Waals surface area contributed by atoms with E-state index in [2.05, 4.69) is 49.7 Å². The molecule has 0 aromatic heterocycles. The van der Waals surface area contributed by atoms with E-state index in [1.54, 1.807) is 0 Å². The molecule has 0 bridgehead atoms.